The molecule has 0 radical (unpaired) electrons. The molecule has 0 aliphatic rings. The number of carbonyl (C=O) groups excluding carboxylic acids is 1. The number of aromatic nitrogens is 1. The second kappa shape index (κ2) is 6.54. The maximum atomic E-state index is 12.4. The molecule has 1 N–H and O–H groups in total. The average Bonchev–Trinajstić information content (AvgIpc) is 2.87. The molecule has 0 saturated heterocycles. The number of nitrogens with zero attached hydrogens (tertiary/aromatic N) is 1. The summed E-state index contributed by atoms with van der Waals surface area (Å²) in [6.07, 6.45) is 3.19. The zero-order valence-electron chi connectivity index (χ0n) is 14.0. The summed E-state index contributed by atoms with van der Waals surface area (Å²) < 4.78 is 5.00. The third-order valence-electron chi connectivity index (χ3n) is 3.29. The summed E-state index contributed by atoms with van der Waals surface area (Å²) in [6.45, 7) is 8.09. The first-order valence-corrected chi connectivity index (χ1v) is 8.11. The molecule has 2 rings (SSSR count). The van der Waals surface area contributed by atoms with E-state index in [0.29, 0.717) is 10.6 Å². The molecule has 122 valence electrons. The van der Waals surface area contributed by atoms with Crippen molar-refractivity contribution >= 4 is 23.2 Å². The number of methoxy groups -OCH3 is 1. The quantitative estimate of drug-likeness (QED) is 0.668. The van der Waals surface area contributed by atoms with Crippen molar-refractivity contribution in [2.75, 3.05) is 7.11 Å². The van der Waals surface area contributed by atoms with Crippen molar-refractivity contribution in [1.29, 1.82) is 0 Å². The summed E-state index contributed by atoms with van der Waals surface area (Å²) in [5, 5.41) is 10.7. The van der Waals surface area contributed by atoms with Crippen LogP contribution >= 0.6 is 11.3 Å². The Morgan fingerprint density at radius 1 is 1.35 bits per heavy atom. The molecule has 4 nitrogen and oxygen atoms in total. The number of benzene rings is 1. The number of hydrogen-bond acceptors (Lipinski definition) is 5. The summed E-state index contributed by atoms with van der Waals surface area (Å²) in [5.41, 5.74) is 1.42. The number of rotatable bonds is 4. The number of carbonyl (C=O) groups is 1. The lowest BCUT2D eigenvalue weighted by Gasteiger charge is -2.13. The van der Waals surface area contributed by atoms with Crippen molar-refractivity contribution in [3.8, 4) is 11.5 Å². The smallest absolute Gasteiger partial charge is 0.197 e. The minimum Gasteiger partial charge on any atom is -0.504 e. The van der Waals surface area contributed by atoms with Gasteiger partial charge in [-0.15, -0.1) is 11.3 Å². The molecule has 5 heteroatoms. The van der Waals surface area contributed by atoms with Crippen LogP contribution in [-0.2, 0) is 5.41 Å². The van der Waals surface area contributed by atoms with Crippen LogP contribution in [0.4, 0.5) is 0 Å². The molecule has 0 saturated carbocycles. The molecule has 0 aliphatic heterocycles. The van der Waals surface area contributed by atoms with Crippen LogP contribution in [0, 0.1) is 6.92 Å². The molecule has 0 amide bonds. The van der Waals surface area contributed by atoms with Gasteiger partial charge in [0.05, 0.1) is 22.7 Å². The van der Waals surface area contributed by atoms with Crippen LogP contribution in [0.25, 0.3) is 6.08 Å². The molecule has 0 bridgehead atoms. The van der Waals surface area contributed by atoms with Gasteiger partial charge in [0.15, 0.2) is 17.3 Å². The van der Waals surface area contributed by atoms with Crippen molar-refractivity contribution in [2.45, 2.75) is 33.1 Å². The summed E-state index contributed by atoms with van der Waals surface area (Å²) in [7, 11) is 1.49. The topological polar surface area (TPSA) is 59.4 Å². The van der Waals surface area contributed by atoms with E-state index in [9.17, 15) is 9.90 Å². The molecule has 0 atom stereocenters. The van der Waals surface area contributed by atoms with Crippen LogP contribution < -0.4 is 4.74 Å². The zero-order chi connectivity index (χ0) is 17.2. The second-order valence-corrected chi connectivity index (χ2v) is 7.31. The predicted octanol–water partition coefficient (Wildman–Crippen LogP) is 4.36. The van der Waals surface area contributed by atoms with Gasteiger partial charge in [-0.2, -0.15) is 0 Å². The highest BCUT2D eigenvalue weighted by molar-refractivity contribution is 7.14. The number of phenols is 1. The van der Waals surface area contributed by atoms with Crippen LogP contribution in [0.5, 0.6) is 11.5 Å². The van der Waals surface area contributed by atoms with E-state index in [4.69, 9.17) is 4.74 Å². The number of aromatic hydroxyl groups is 1. The molecule has 1 aromatic heterocycles. The summed E-state index contributed by atoms with van der Waals surface area (Å²) in [5.74, 6) is 0.374. The van der Waals surface area contributed by atoms with Crippen molar-refractivity contribution < 1.29 is 14.6 Å². The highest BCUT2D eigenvalue weighted by atomic mass is 32.1. The van der Waals surface area contributed by atoms with Crippen LogP contribution in [0.15, 0.2) is 24.3 Å². The van der Waals surface area contributed by atoms with Gasteiger partial charge in [-0.25, -0.2) is 4.98 Å². The van der Waals surface area contributed by atoms with E-state index in [1.165, 1.54) is 24.5 Å². The SMILES string of the molecule is COc1ccc(/C=C/C(=O)c2sc(C(C)(C)C)nc2C)cc1O. The van der Waals surface area contributed by atoms with Gasteiger partial charge in [-0.05, 0) is 30.7 Å². The van der Waals surface area contributed by atoms with Gasteiger partial charge in [0.1, 0.15) is 0 Å². The molecule has 0 unspecified atom stereocenters. The Balaban J connectivity index is 2.22. The highest BCUT2D eigenvalue weighted by Crippen LogP contribution is 2.30. The number of ketones is 1. The number of phenolic OH excluding ortho intramolecular Hbond substituents is 1. The fourth-order valence-electron chi connectivity index (χ4n) is 2.00. The maximum absolute atomic E-state index is 12.4. The van der Waals surface area contributed by atoms with E-state index >= 15 is 0 Å². The first kappa shape index (κ1) is 17.2. The Bertz CT molecular complexity index is 754. The number of allylic oxidation sites excluding steroid dienone is 1. The Labute approximate surface area is 140 Å². The molecular weight excluding hydrogens is 310 g/mol. The molecule has 0 fully saturated rings. The van der Waals surface area contributed by atoms with Crippen LogP contribution in [0.1, 0.15) is 46.7 Å². The largest absolute Gasteiger partial charge is 0.504 e. The second-order valence-electron chi connectivity index (χ2n) is 6.31. The van der Waals surface area contributed by atoms with Gasteiger partial charge >= 0.3 is 0 Å². The third kappa shape index (κ3) is 3.99. The van der Waals surface area contributed by atoms with Gasteiger partial charge in [0.2, 0.25) is 0 Å². The van der Waals surface area contributed by atoms with Gasteiger partial charge in [-0.3, -0.25) is 4.79 Å². The normalized spacial score (nSPS) is 11.9. The van der Waals surface area contributed by atoms with E-state index in [1.54, 1.807) is 24.3 Å². The third-order valence-corrected chi connectivity index (χ3v) is 4.89. The minimum atomic E-state index is -0.0780. The Morgan fingerprint density at radius 3 is 2.57 bits per heavy atom. The van der Waals surface area contributed by atoms with Crippen LogP contribution in [0.3, 0.4) is 0 Å². The maximum Gasteiger partial charge on any atom is 0.197 e. The summed E-state index contributed by atoms with van der Waals surface area (Å²) in [6, 6.07) is 5.00. The molecule has 1 aromatic carbocycles. The van der Waals surface area contributed by atoms with Crippen molar-refractivity contribution in [1.82, 2.24) is 4.98 Å². The molecule has 1 heterocycles. The number of thiazole rings is 1. The van der Waals surface area contributed by atoms with Crippen LogP contribution in [0.2, 0.25) is 0 Å². The monoisotopic (exact) mass is 331 g/mol. The minimum absolute atomic E-state index is 0.0473. The molecule has 23 heavy (non-hydrogen) atoms. The highest BCUT2D eigenvalue weighted by Gasteiger charge is 2.22. The van der Waals surface area contributed by atoms with Gasteiger partial charge in [0, 0.05) is 5.41 Å². The number of hydrogen-bond donors (Lipinski definition) is 1. The van der Waals surface area contributed by atoms with Gasteiger partial charge in [-0.1, -0.05) is 32.9 Å². The molecule has 2 aromatic rings. The molecular formula is C18H21NO3S. The molecule has 0 aliphatic carbocycles. The number of ether oxygens (including phenoxy) is 1. The lowest BCUT2D eigenvalue weighted by Crippen LogP contribution is -2.10. The first-order chi connectivity index (χ1) is 10.7. The predicted molar refractivity (Wildman–Crippen MR) is 93.6 cm³/mol. The van der Waals surface area contributed by atoms with Gasteiger partial charge < -0.3 is 9.84 Å². The van der Waals surface area contributed by atoms with E-state index in [-0.39, 0.29) is 16.9 Å². The van der Waals surface area contributed by atoms with Crippen LogP contribution in [-0.4, -0.2) is 23.0 Å². The van der Waals surface area contributed by atoms with E-state index in [2.05, 4.69) is 25.8 Å². The Kier molecular flexibility index (Phi) is 4.90. The standard InChI is InChI=1S/C18H21NO3S/c1-11-16(23-17(19-11)18(2,3)4)13(20)8-6-12-7-9-15(22-5)14(21)10-12/h6-10,21H,1-5H3/b8-6+. The zero-order valence-corrected chi connectivity index (χ0v) is 14.8. The molecule has 0 spiro atoms. The Morgan fingerprint density at radius 2 is 2.04 bits per heavy atom. The average molecular weight is 331 g/mol. The Hall–Kier alpha value is -2.14. The van der Waals surface area contributed by atoms with E-state index < -0.39 is 0 Å². The van der Waals surface area contributed by atoms with Gasteiger partial charge in [0.25, 0.3) is 0 Å². The van der Waals surface area contributed by atoms with E-state index in [0.717, 1.165) is 16.3 Å². The fraction of sp³-hybridized carbons (Fsp3) is 0.333. The number of aryl methyl sites for hydroxylation is 1. The lowest BCUT2D eigenvalue weighted by molar-refractivity contribution is 0.105. The van der Waals surface area contributed by atoms with Crippen molar-refractivity contribution in [2.24, 2.45) is 0 Å². The summed E-state index contributed by atoms with van der Waals surface area (Å²) in [4.78, 5) is 17.5. The lowest BCUT2D eigenvalue weighted by atomic mass is 9.98. The fourth-order valence-corrected chi connectivity index (χ4v) is 3.05. The first-order valence-electron chi connectivity index (χ1n) is 7.29. The van der Waals surface area contributed by atoms with Crippen molar-refractivity contribution in [3.63, 3.8) is 0 Å². The summed E-state index contributed by atoms with van der Waals surface area (Å²) >= 11 is 1.44. The van der Waals surface area contributed by atoms with Crippen molar-refractivity contribution in [3.05, 3.63) is 45.4 Å². The van der Waals surface area contributed by atoms with E-state index in [1.807, 2.05) is 6.92 Å².